The van der Waals surface area contributed by atoms with Gasteiger partial charge in [0.25, 0.3) is 5.91 Å². The Bertz CT molecular complexity index is 1250. The average molecular weight is 600 g/mol. The van der Waals surface area contributed by atoms with E-state index >= 15 is 0 Å². The first-order chi connectivity index (χ1) is 20.3. The lowest BCUT2D eigenvalue weighted by Crippen LogP contribution is -2.55. The monoisotopic (exact) mass is 599 g/mol. The van der Waals surface area contributed by atoms with Crippen LogP contribution in [-0.4, -0.2) is 83.8 Å². The number of likely N-dealkylation sites (tertiary alicyclic amines) is 1. The predicted molar refractivity (Wildman–Crippen MR) is 156 cm³/mol. The van der Waals surface area contributed by atoms with Crippen molar-refractivity contribution < 1.29 is 33.8 Å². The van der Waals surface area contributed by atoms with Gasteiger partial charge in [-0.05, 0) is 50.5 Å². The van der Waals surface area contributed by atoms with Crippen LogP contribution in [-0.2, 0) is 28.7 Å². The molecule has 0 aliphatic carbocycles. The lowest BCUT2D eigenvalue weighted by Gasteiger charge is -2.35. The Morgan fingerprint density at radius 1 is 1.05 bits per heavy atom. The molecule has 4 heterocycles. The average Bonchev–Trinajstić information content (AvgIpc) is 3.34. The fourth-order valence-corrected chi connectivity index (χ4v) is 6.63. The zero-order valence-electron chi connectivity index (χ0n) is 23.7. The highest BCUT2D eigenvalue weighted by Gasteiger charge is 2.71. The van der Waals surface area contributed by atoms with Gasteiger partial charge < -0.3 is 29.7 Å². The maximum absolute atomic E-state index is 14.4. The Morgan fingerprint density at radius 2 is 1.81 bits per heavy atom. The van der Waals surface area contributed by atoms with Crippen molar-refractivity contribution in [2.75, 3.05) is 31.1 Å². The third kappa shape index (κ3) is 5.85. The third-order valence-corrected chi connectivity index (χ3v) is 8.73. The normalized spacial score (nSPS) is 32.2. The number of fused-ring (bicyclic) bond motifs is 2. The second-order valence-electron chi connectivity index (χ2n) is 11.4. The second kappa shape index (κ2) is 13.0. The molecule has 0 aromatic heterocycles. The number of aliphatic hydroxyl groups is 1. The minimum absolute atomic E-state index is 0.102. The Balaban J connectivity index is 1.53. The number of hydrogen-bond donors (Lipinski definition) is 2. The van der Waals surface area contributed by atoms with Crippen LogP contribution in [0.2, 0.25) is 5.02 Å². The minimum atomic E-state index is -1.38. The molecule has 0 saturated carbocycles. The minimum Gasteiger partial charge on any atom is -0.460 e. The van der Waals surface area contributed by atoms with E-state index in [4.69, 9.17) is 26.2 Å². The van der Waals surface area contributed by atoms with Gasteiger partial charge in [0, 0.05) is 36.8 Å². The number of benzene rings is 1. The quantitative estimate of drug-likeness (QED) is 0.280. The molecule has 3 amide bonds. The lowest BCUT2D eigenvalue weighted by atomic mass is 9.78. The van der Waals surface area contributed by atoms with Crippen molar-refractivity contribution in [2.45, 2.75) is 69.3 Å². The number of anilines is 1. The molecule has 226 valence electrons. The highest BCUT2D eigenvalue weighted by molar-refractivity contribution is 6.30. The Kier molecular flexibility index (Phi) is 9.35. The van der Waals surface area contributed by atoms with Crippen LogP contribution in [0.1, 0.15) is 45.4 Å². The van der Waals surface area contributed by atoms with Crippen molar-refractivity contribution in [3.8, 4) is 0 Å². The molecule has 6 atom stereocenters. The number of hydrogen-bond acceptors (Lipinski definition) is 7. The molecular weight excluding hydrogens is 562 g/mol. The van der Waals surface area contributed by atoms with Crippen molar-refractivity contribution >= 4 is 41.0 Å². The van der Waals surface area contributed by atoms with Crippen LogP contribution in [0.15, 0.2) is 48.6 Å². The molecule has 4 aliphatic heterocycles. The number of esters is 1. The fraction of sp³-hybridized carbons (Fsp3) is 0.548. The first-order valence-corrected chi connectivity index (χ1v) is 15.1. The number of aliphatic hydroxyl groups excluding tert-OH is 1. The highest BCUT2D eigenvalue weighted by Crippen LogP contribution is 2.53. The van der Waals surface area contributed by atoms with Gasteiger partial charge in [-0.25, -0.2) is 0 Å². The van der Waals surface area contributed by atoms with E-state index < -0.39 is 41.7 Å². The lowest BCUT2D eigenvalue weighted by molar-refractivity contribution is -0.158. The number of allylic oxidation sites excluding steroid dienone is 1. The van der Waals surface area contributed by atoms with Crippen molar-refractivity contribution in [1.29, 1.82) is 0 Å². The van der Waals surface area contributed by atoms with Gasteiger partial charge in [-0.1, -0.05) is 48.7 Å². The van der Waals surface area contributed by atoms with Gasteiger partial charge in [0.05, 0.1) is 18.6 Å². The number of ether oxygens (including phenoxy) is 2. The summed E-state index contributed by atoms with van der Waals surface area (Å²) >= 11 is 6.11. The van der Waals surface area contributed by atoms with Crippen molar-refractivity contribution in [2.24, 2.45) is 11.8 Å². The summed E-state index contributed by atoms with van der Waals surface area (Å²) in [5.41, 5.74) is -0.740. The van der Waals surface area contributed by atoms with E-state index in [2.05, 4.69) is 5.32 Å². The smallest absolute Gasteiger partial charge is 0.313 e. The molecule has 0 bridgehead atoms. The Labute approximate surface area is 250 Å². The highest BCUT2D eigenvalue weighted by atomic mass is 35.5. The molecule has 1 aromatic rings. The van der Waals surface area contributed by atoms with E-state index in [1.807, 2.05) is 6.08 Å². The number of carbonyl (C=O) groups excluding carboxylic acids is 4. The summed E-state index contributed by atoms with van der Waals surface area (Å²) in [7, 11) is 0. The molecule has 4 aliphatic rings. The van der Waals surface area contributed by atoms with Gasteiger partial charge in [-0.15, -0.1) is 0 Å². The molecular formula is C31H38ClN3O7. The van der Waals surface area contributed by atoms with E-state index in [9.17, 15) is 19.2 Å². The van der Waals surface area contributed by atoms with Crippen LogP contribution in [0, 0.1) is 11.8 Å². The van der Waals surface area contributed by atoms with Crippen LogP contribution < -0.4 is 10.2 Å². The molecule has 0 unspecified atom stereocenters. The van der Waals surface area contributed by atoms with Gasteiger partial charge in [-0.2, -0.15) is 0 Å². The van der Waals surface area contributed by atoms with Gasteiger partial charge in [-0.3, -0.25) is 19.2 Å². The summed E-state index contributed by atoms with van der Waals surface area (Å²) in [4.78, 5) is 57.8. The fourth-order valence-electron chi connectivity index (χ4n) is 6.50. The summed E-state index contributed by atoms with van der Waals surface area (Å²) in [6.07, 6.45) is 9.30. The van der Waals surface area contributed by atoms with E-state index in [-0.39, 0.29) is 43.8 Å². The first-order valence-electron chi connectivity index (χ1n) is 14.7. The number of unbranched alkanes of at least 4 members (excludes halogenated alkanes) is 3. The van der Waals surface area contributed by atoms with Crippen molar-refractivity contribution in [3.05, 3.63) is 53.6 Å². The largest absolute Gasteiger partial charge is 0.460 e. The summed E-state index contributed by atoms with van der Waals surface area (Å²) in [5.74, 6) is -3.28. The van der Waals surface area contributed by atoms with Crippen LogP contribution in [0.25, 0.3) is 0 Å². The number of halogens is 1. The predicted octanol–water partition coefficient (Wildman–Crippen LogP) is 2.77. The molecule has 1 spiro atoms. The Morgan fingerprint density at radius 3 is 2.57 bits per heavy atom. The maximum Gasteiger partial charge on any atom is 0.313 e. The molecule has 2 fully saturated rings. The zero-order valence-corrected chi connectivity index (χ0v) is 24.5. The standard InChI is InChI=1S/C31H38ClN3O7/c1-20-19-33-24(37)10-5-4-9-23-25(30(40)41-20)26-28(38)35(16-6-2-3-7-18-36)27-29(39)34(17-8-15-31(26,27)42-23)22-13-11-21(32)12-14-22/h4,8-9,11-15,20,23,25-27,36H,2-3,5-7,10,16-19H2,1H3,(H,33,37)/b9-4-/t20-,23-,25+,26+,27-,31+/m1/s1. The number of carbonyl (C=O) groups is 4. The van der Waals surface area contributed by atoms with E-state index in [1.165, 1.54) is 0 Å². The molecule has 0 radical (unpaired) electrons. The van der Waals surface area contributed by atoms with E-state index in [0.717, 1.165) is 12.8 Å². The summed E-state index contributed by atoms with van der Waals surface area (Å²) in [6.45, 7) is 2.53. The molecule has 10 nitrogen and oxygen atoms in total. The molecule has 2 N–H and O–H groups in total. The number of nitrogens with zero attached hydrogens (tertiary/aromatic N) is 2. The van der Waals surface area contributed by atoms with Crippen molar-refractivity contribution in [1.82, 2.24) is 10.2 Å². The van der Waals surface area contributed by atoms with Crippen molar-refractivity contribution in [3.63, 3.8) is 0 Å². The summed E-state index contributed by atoms with van der Waals surface area (Å²) < 4.78 is 12.4. The second-order valence-corrected chi connectivity index (χ2v) is 11.8. The SMILES string of the molecule is C[C@@H]1CNC(=O)CC/C=C\[C@H]2O[C@]34C=CCN(c5ccc(Cl)cc5)C(=O)[C@H]3N(CCCCCCO)C(=O)[C@@H]4[C@H]2C(=O)O1. The number of nitrogens with one attached hydrogen (secondary N) is 1. The number of rotatable bonds is 7. The number of amides is 3. The molecule has 2 saturated heterocycles. The Hall–Kier alpha value is -3.21. The zero-order chi connectivity index (χ0) is 29.9. The molecule has 42 heavy (non-hydrogen) atoms. The van der Waals surface area contributed by atoms with Crippen LogP contribution in [0.4, 0.5) is 5.69 Å². The number of cyclic esters (lactones) is 1. The summed E-state index contributed by atoms with van der Waals surface area (Å²) in [6, 6.07) is 5.95. The van der Waals surface area contributed by atoms with Gasteiger partial charge in [0.2, 0.25) is 11.8 Å². The van der Waals surface area contributed by atoms with Gasteiger partial charge in [0.1, 0.15) is 23.7 Å². The van der Waals surface area contributed by atoms with Gasteiger partial charge in [0.15, 0.2) is 0 Å². The first kappa shape index (κ1) is 30.3. The van der Waals surface area contributed by atoms with E-state index in [0.29, 0.717) is 36.5 Å². The van der Waals surface area contributed by atoms with Gasteiger partial charge >= 0.3 is 5.97 Å². The molecule has 5 rings (SSSR count). The van der Waals surface area contributed by atoms with Crippen LogP contribution in [0.3, 0.4) is 0 Å². The topological polar surface area (TPSA) is 125 Å². The summed E-state index contributed by atoms with van der Waals surface area (Å²) in [5, 5.41) is 12.5. The maximum atomic E-state index is 14.4. The van der Waals surface area contributed by atoms with Crippen LogP contribution >= 0.6 is 11.6 Å². The van der Waals surface area contributed by atoms with E-state index in [1.54, 1.807) is 59.2 Å². The molecule has 1 aromatic carbocycles. The third-order valence-electron chi connectivity index (χ3n) is 8.48. The molecule has 11 heteroatoms. The van der Waals surface area contributed by atoms with Crippen LogP contribution in [0.5, 0.6) is 0 Å².